The Hall–Kier alpha value is -2.08. The van der Waals surface area contributed by atoms with E-state index < -0.39 is 6.04 Å². The summed E-state index contributed by atoms with van der Waals surface area (Å²) < 4.78 is 0. The molecule has 1 aromatic carbocycles. The third-order valence-electron chi connectivity index (χ3n) is 3.96. The fraction of sp³-hybridized carbons (Fsp3) is 0.438. The summed E-state index contributed by atoms with van der Waals surface area (Å²) in [5.74, 6) is 0.0515. The summed E-state index contributed by atoms with van der Waals surface area (Å²) in [7, 11) is 0. The zero-order chi connectivity index (χ0) is 16.2. The predicted octanol–water partition coefficient (Wildman–Crippen LogP) is 2.01. The van der Waals surface area contributed by atoms with Gasteiger partial charge < -0.3 is 10.2 Å². The van der Waals surface area contributed by atoms with E-state index in [-0.39, 0.29) is 18.2 Å². The molecule has 2 heterocycles. The van der Waals surface area contributed by atoms with E-state index in [4.69, 9.17) is 11.6 Å². The van der Waals surface area contributed by atoms with E-state index >= 15 is 0 Å². The van der Waals surface area contributed by atoms with Gasteiger partial charge in [0.2, 0.25) is 17.8 Å². The molecule has 2 aliphatic heterocycles. The molecule has 1 atom stereocenters. The molecule has 1 fully saturated rings. The van der Waals surface area contributed by atoms with Crippen molar-refractivity contribution < 1.29 is 9.59 Å². The molecule has 1 unspecified atom stereocenters. The zero-order valence-electron chi connectivity index (χ0n) is 12.7. The van der Waals surface area contributed by atoms with Crippen molar-refractivity contribution in [1.82, 2.24) is 10.2 Å². The van der Waals surface area contributed by atoms with Crippen LogP contribution in [0.4, 0.5) is 5.69 Å². The molecule has 1 aromatic rings. The quantitative estimate of drug-likeness (QED) is 0.869. The third-order valence-corrected chi connectivity index (χ3v) is 4.19. The fourth-order valence-corrected chi connectivity index (χ4v) is 2.98. The van der Waals surface area contributed by atoms with Crippen LogP contribution in [0.2, 0.25) is 5.02 Å². The van der Waals surface area contributed by atoms with Gasteiger partial charge in [0.25, 0.3) is 0 Å². The SMILES string of the molecule is O=C1CC(C(=O)Nc2cccc(Cl)c2)N=C(N2CCCCC2)N1. The number of guanidine groups is 1. The second kappa shape index (κ2) is 7.00. The third kappa shape index (κ3) is 4.01. The van der Waals surface area contributed by atoms with Gasteiger partial charge in [0.05, 0.1) is 6.42 Å². The van der Waals surface area contributed by atoms with E-state index in [0.717, 1.165) is 25.9 Å². The minimum Gasteiger partial charge on any atom is -0.343 e. The van der Waals surface area contributed by atoms with Gasteiger partial charge in [0.1, 0.15) is 6.04 Å². The number of benzene rings is 1. The highest BCUT2D eigenvalue weighted by atomic mass is 35.5. The molecule has 3 rings (SSSR count). The first-order chi connectivity index (χ1) is 11.1. The maximum Gasteiger partial charge on any atom is 0.249 e. The number of carbonyl (C=O) groups excluding carboxylic acids is 2. The van der Waals surface area contributed by atoms with E-state index in [1.165, 1.54) is 6.42 Å². The van der Waals surface area contributed by atoms with Gasteiger partial charge in [-0.25, -0.2) is 4.99 Å². The lowest BCUT2D eigenvalue weighted by Gasteiger charge is -2.32. The van der Waals surface area contributed by atoms with Crippen molar-refractivity contribution >= 4 is 35.1 Å². The predicted molar refractivity (Wildman–Crippen MR) is 89.5 cm³/mol. The van der Waals surface area contributed by atoms with E-state index in [2.05, 4.69) is 15.6 Å². The molecule has 0 aromatic heterocycles. The minimum absolute atomic E-state index is 0.0593. The summed E-state index contributed by atoms with van der Waals surface area (Å²) in [6, 6.07) is 6.20. The van der Waals surface area contributed by atoms with Gasteiger partial charge in [0.15, 0.2) is 0 Å². The number of nitrogens with one attached hydrogen (secondary N) is 2. The standard InChI is InChI=1S/C16H19ClN4O2/c17-11-5-4-6-12(9-11)18-15(23)13-10-14(22)20-16(19-13)21-7-2-1-3-8-21/h4-6,9,13H,1-3,7-8,10H2,(H,18,23)(H,19,20,22). The van der Waals surface area contributed by atoms with E-state index in [1.54, 1.807) is 24.3 Å². The van der Waals surface area contributed by atoms with Crippen LogP contribution >= 0.6 is 11.6 Å². The topological polar surface area (TPSA) is 73.8 Å². The summed E-state index contributed by atoms with van der Waals surface area (Å²) in [5.41, 5.74) is 0.600. The van der Waals surface area contributed by atoms with Crippen LogP contribution < -0.4 is 10.6 Å². The minimum atomic E-state index is -0.709. The summed E-state index contributed by atoms with van der Waals surface area (Å²) in [6.07, 6.45) is 3.41. The molecule has 0 spiro atoms. The lowest BCUT2D eigenvalue weighted by atomic mass is 10.1. The van der Waals surface area contributed by atoms with Crippen LogP contribution in [0.25, 0.3) is 0 Å². The Morgan fingerprint density at radius 3 is 2.83 bits per heavy atom. The Morgan fingerprint density at radius 1 is 1.30 bits per heavy atom. The van der Waals surface area contributed by atoms with Gasteiger partial charge in [-0.3, -0.25) is 14.9 Å². The number of amides is 2. The lowest BCUT2D eigenvalue weighted by Crippen LogP contribution is -2.51. The van der Waals surface area contributed by atoms with Crippen molar-refractivity contribution in [2.24, 2.45) is 4.99 Å². The highest BCUT2D eigenvalue weighted by Crippen LogP contribution is 2.17. The normalized spacial score (nSPS) is 21.4. The first-order valence-corrected chi connectivity index (χ1v) is 8.18. The van der Waals surface area contributed by atoms with Crippen molar-refractivity contribution in [1.29, 1.82) is 0 Å². The van der Waals surface area contributed by atoms with Crippen molar-refractivity contribution in [2.75, 3.05) is 18.4 Å². The summed E-state index contributed by atoms with van der Waals surface area (Å²) >= 11 is 5.91. The lowest BCUT2D eigenvalue weighted by molar-refractivity contribution is -0.125. The number of anilines is 1. The van der Waals surface area contributed by atoms with Crippen LogP contribution in [0.15, 0.2) is 29.3 Å². The van der Waals surface area contributed by atoms with Crippen molar-refractivity contribution in [3.05, 3.63) is 29.3 Å². The first-order valence-electron chi connectivity index (χ1n) is 7.81. The zero-order valence-corrected chi connectivity index (χ0v) is 13.5. The number of hydrogen-bond acceptors (Lipinski definition) is 4. The van der Waals surface area contributed by atoms with Crippen molar-refractivity contribution in [2.45, 2.75) is 31.7 Å². The molecule has 7 heteroatoms. The summed E-state index contributed by atoms with van der Waals surface area (Å²) in [6.45, 7) is 1.73. The smallest absolute Gasteiger partial charge is 0.249 e. The van der Waals surface area contributed by atoms with E-state index in [9.17, 15) is 9.59 Å². The number of carbonyl (C=O) groups is 2. The fourth-order valence-electron chi connectivity index (χ4n) is 2.79. The molecule has 0 radical (unpaired) electrons. The van der Waals surface area contributed by atoms with Crippen LogP contribution in [0, 0.1) is 0 Å². The monoisotopic (exact) mass is 334 g/mol. The van der Waals surface area contributed by atoms with Crippen LogP contribution in [0.1, 0.15) is 25.7 Å². The van der Waals surface area contributed by atoms with Crippen molar-refractivity contribution in [3.63, 3.8) is 0 Å². The molecule has 0 saturated carbocycles. The molecule has 23 heavy (non-hydrogen) atoms. The number of aliphatic imine (C=N–C) groups is 1. The molecular weight excluding hydrogens is 316 g/mol. The molecule has 0 bridgehead atoms. The Kier molecular flexibility index (Phi) is 4.81. The van der Waals surface area contributed by atoms with Crippen molar-refractivity contribution in [3.8, 4) is 0 Å². The summed E-state index contributed by atoms with van der Waals surface area (Å²) in [5, 5.41) is 6.09. The van der Waals surface area contributed by atoms with Crippen LogP contribution in [-0.4, -0.2) is 41.8 Å². The number of likely N-dealkylation sites (tertiary alicyclic amines) is 1. The molecular formula is C16H19ClN4O2. The molecule has 122 valence electrons. The maximum atomic E-state index is 12.4. The Balaban J connectivity index is 1.72. The highest BCUT2D eigenvalue weighted by molar-refractivity contribution is 6.30. The van der Waals surface area contributed by atoms with Gasteiger partial charge >= 0.3 is 0 Å². The second-order valence-electron chi connectivity index (χ2n) is 5.77. The van der Waals surface area contributed by atoms with Crippen LogP contribution in [0.5, 0.6) is 0 Å². The van der Waals surface area contributed by atoms with Gasteiger partial charge in [-0.1, -0.05) is 17.7 Å². The largest absolute Gasteiger partial charge is 0.343 e. The van der Waals surface area contributed by atoms with E-state index in [0.29, 0.717) is 16.7 Å². The summed E-state index contributed by atoms with van der Waals surface area (Å²) in [4.78, 5) is 30.8. The van der Waals surface area contributed by atoms with Gasteiger partial charge in [-0.2, -0.15) is 0 Å². The molecule has 2 amide bonds. The van der Waals surface area contributed by atoms with Gasteiger partial charge in [-0.05, 0) is 37.5 Å². The average Bonchev–Trinajstić information content (AvgIpc) is 2.55. The van der Waals surface area contributed by atoms with Crippen LogP contribution in [-0.2, 0) is 9.59 Å². The maximum absolute atomic E-state index is 12.4. The number of hydrogen-bond donors (Lipinski definition) is 2. The molecule has 1 saturated heterocycles. The second-order valence-corrected chi connectivity index (χ2v) is 6.20. The average molecular weight is 335 g/mol. The van der Waals surface area contributed by atoms with Crippen LogP contribution in [0.3, 0.4) is 0 Å². The Labute approximate surface area is 139 Å². The molecule has 0 aliphatic carbocycles. The molecule has 6 nitrogen and oxygen atoms in total. The number of piperidine rings is 1. The number of halogens is 1. The first kappa shape index (κ1) is 15.8. The Morgan fingerprint density at radius 2 is 2.09 bits per heavy atom. The Bertz CT molecular complexity index is 641. The van der Waals surface area contributed by atoms with Gasteiger partial charge in [0, 0.05) is 23.8 Å². The molecule has 2 N–H and O–H groups in total. The highest BCUT2D eigenvalue weighted by Gasteiger charge is 2.29. The number of nitrogens with zero attached hydrogens (tertiary/aromatic N) is 2. The van der Waals surface area contributed by atoms with Gasteiger partial charge in [-0.15, -0.1) is 0 Å². The molecule has 2 aliphatic rings. The number of rotatable bonds is 2. The van der Waals surface area contributed by atoms with E-state index in [1.807, 2.05) is 4.90 Å².